The van der Waals surface area contributed by atoms with E-state index in [4.69, 9.17) is 10.5 Å². The smallest absolute Gasteiger partial charge is 0.243 e. The number of nitrogens with two attached hydrogens (primary N) is 1. The van der Waals surface area contributed by atoms with Crippen molar-refractivity contribution in [3.05, 3.63) is 29.3 Å². The first-order chi connectivity index (χ1) is 9.89. The third-order valence-electron chi connectivity index (χ3n) is 3.68. The molecular formula is C13H18F2N2O3S. The Hall–Kier alpha value is -1.09. The van der Waals surface area contributed by atoms with Gasteiger partial charge in [-0.05, 0) is 31.4 Å². The van der Waals surface area contributed by atoms with Crippen LogP contribution in [0.2, 0.25) is 0 Å². The van der Waals surface area contributed by atoms with Crippen LogP contribution in [-0.2, 0) is 21.3 Å². The van der Waals surface area contributed by atoms with Gasteiger partial charge in [-0.3, -0.25) is 0 Å². The van der Waals surface area contributed by atoms with E-state index in [1.54, 1.807) is 7.11 Å². The number of methoxy groups -OCH3 is 1. The van der Waals surface area contributed by atoms with Gasteiger partial charge in [0.25, 0.3) is 0 Å². The number of hydrogen-bond donors (Lipinski definition) is 2. The second-order valence-electron chi connectivity index (χ2n) is 5.03. The van der Waals surface area contributed by atoms with Crippen molar-refractivity contribution in [2.45, 2.75) is 42.8 Å². The lowest BCUT2D eigenvalue weighted by Gasteiger charge is -2.15. The third kappa shape index (κ3) is 3.39. The molecule has 0 heterocycles. The van der Waals surface area contributed by atoms with Gasteiger partial charge in [0, 0.05) is 25.3 Å². The highest BCUT2D eigenvalue weighted by atomic mass is 32.2. The lowest BCUT2D eigenvalue weighted by atomic mass is 10.2. The van der Waals surface area contributed by atoms with Crippen LogP contribution in [0.5, 0.6) is 0 Å². The van der Waals surface area contributed by atoms with Crippen LogP contribution in [0.3, 0.4) is 0 Å². The summed E-state index contributed by atoms with van der Waals surface area (Å²) in [4.78, 5) is -0.579. The Morgan fingerprint density at radius 1 is 1.38 bits per heavy atom. The highest BCUT2D eigenvalue weighted by molar-refractivity contribution is 7.89. The predicted octanol–water partition coefficient (Wildman–Crippen LogP) is 1.27. The summed E-state index contributed by atoms with van der Waals surface area (Å²) in [5.41, 5.74) is 4.82. The Morgan fingerprint density at radius 2 is 2.10 bits per heavy atom. The number of rotatable bonds is 5. The van der Waals surface area contributed by atoms with E-state index in [9.17, 15) is 17.2 Å². The number of halogens is 2. The van der Waals surface area contributed by atoms with Gasteiger partial charge in [-0.2, -0.15) is 0 Å². The Kier molecular flexibility index (Phi) is 4.92. The summed E-state index contributed by atoms with van der Waals surface area (Å²) in [6.45, 7) is -0.407. The fraction of sp³-hybridized carbons (Fsp3) is 0.538. The monoisotopic (exact) mass is 320 g/mol. The van der Waals surface area contributed by atoms with Crippen LogP contribution in [0.4, 0.5) is 8.78 Å². The highest BCUT2D eigenvalue weighted by Gasteiger charge is 2.30. The van der Waals surface area contributed by atoms with Crippen LogP contribution in [0.1, 0.15) is 24.8 Å². The SMILES string of the molecule is COC1CCC(NS(=O)(=O)c2ccc(F)c(CN)c2F)C1. The number of benzene rings is 1. The van der Waals surface area contributed by atoms with Crippen LogP contribution in [0.25, 0.3) is 0 Å². The highest BCUT2D eigenvalue weighted by Crippen LogP contribution is 2.25. The molecule has 2 rings (SSSR count). The predicted molar refractivity (Wildman–Crippen MR) is 73.0 cm³/mol. The maximum absolute atomic E-state index is 14.1. The van der Waals surface area contributed by atoms with E-state index in [2.05, 4.69) is 4.72 Å². The molecule has 1 aliphatic carbocycles. The molecule has 2 unspecified atom stereocenters. The standard InChI is InChI=1S/C13H18F2N2O3S/c1-20-9-3-2-8(6-9)17-21(18,19)12-5-4-11(14)10(7-16)13(12)15/h4-5,8-9,17H,2-3,6-7,16H2,1H3. The molecule has 5 nitrogen and oxygen atoms in total. The van der Waals surface area contributed by atoms with E-state index in [1.807, 2.05) is 0 Å². The van der Waals surface area contributed by atoms with Gasteiger partial charge in [-0.15, -0.1) is 0 Å². The second-order valence-corrected chi connectivity index (χ2v) is 6.71. The molecule has 0 bridgehead atoms. The zero-order valence-electron chi connectivity index (χ0n) is 11.6. The quantitative estimate of drug-likeness (QED) is 0.856. The largest absolute Gasteiger partial charge is 0.381 e. The summed E-state index contributed by atoms with van der Waals surface area (Å²) >= 11 is 0. The van der Waals surface area contributed by atoms with Gasteiger partial charge in [-0.1, -0.05) is 0 Å². The molecule has 0 radical (unpaired) electrons. The van der Waals surface area contributed by atoms with E-state index in [0.29, 0.717) is 12.8 Å². The Balaban J connectivity index is 2.24. The molecule has 1 saturated carbocycles. The molecule has 1 aromatic carbocycles. The first-order valence-electron chi connectivity index (χ1n) is 6.61. The van der Waals surface area contributed by atoms with Gasteiger partial charge in [0.15, 0.2) is 5.82 Å². The van der Waals surface area contributed by atoms with Crippen LogP contribution >= 0.6 is 0 Å². The number of ether oxygens (including phenoxy) is 1. The van der Waals surface area contributed by atoms with Crippen molar-refractivity contribution >= 4 is 10.0 Å². The van der Waals surface area contributed by atoms with E-state index >= 15 is 0 Å². The fourth-order valence-corrected chi connectivity index (χ4v) is 3.90. The summed E-state index contributed by atoms with van der Waals surface area (Å²) < 4.78 is 59.5. The Bertz CT molecular complexity index is 622. The molecule has 0 amide bonds. The van der Waals surface area contributed by atoms with Crippen molar-refractivity contribution < 1.29 is 21.9 Å². The van der Waals surface area contributed by atoms with Crippen LogP contribution < -0.4 is 10.5 Å². The molecular weight excluding hydrogens is 302 g/mol. The summed E-state index contributed by atoms with van der Waals surface area (Å²) in [5, 5.41) is 0. The minimum atomic E-state index is -4.06. The third-order valence-corrected chi connectivity index (χ3v) is 5.22. The van der Waals surface area contributed by atoms with Crippen molar-refractivity contribution in [3.63, 3.8) is 0 Å². The maximum Gasteiger partial charge on any atom is 0.243 e. The van der Waals surface area contributed by atoms with Gasteiger partial charge < -0.3 is 10.5 Å². The van der Waals surface area contributed by atoms with Crippen molar-refractivity contribution in [2.24, 2.45) is 5.73 Å². The number of sulfonamides is 1. The zero-order valence-corrected chi connectivity index (χ0v) is 12.4. The summed E-state index contributed by atoms with van der Waals surface area (Å²) in [6, 6.07) is 1.51. The van der Waals surface area contributed by atoms with Crippen molar-refractivity contribution in [1.29, 1.82) is 0 Å². The van der Waals surface area contributed by atoms with E-state index in [-0.39, 0.29) is 12.1 Å². The Morgan fingerprint density at radius 3 is 2.67 bits per heavy atom. The molecule has 0 saturated heterocycles. The molecule has 0 aliphatic heterocycles. The first kappa shape index (κ1) is 16.3. The second kappa shape index (κ2) is 6.35. The molecule has 0 spiro atoms. The van der Waals surface area contributed by atoms with Gasteiger partial charge in [-0.25, -0.2) is 21.9 Å². The Labute approximate surface area is 122 Å². The topological polar surface area (TPSA) is 81.4 Å². The molecule has 1 aromatic rings. The van der Waals surface area contributed by atoms with Crippen LogP contribution in [-0.4, -0.2) is 27.7 Å². The molecule has 3 N–H and O–H groups in total. The number of hydrogen-bond acceptors (Lipinski definition) is 4. The molecule has 1 aliphatic rings. The van der Waals surface area contributed by atoms with Gasteiger partial charge in [0.2, 0.25) is 10.0 Å². The van der Waals surface area contributed by atoms with Crippen LogP contribution in [0, 0.1) is 11.6 Å². The van der Waals surface area contributed by atoms with Crippen LogP contribution in [0.15, 0.2) is 17.0 Å². The lowest BCUT2D eigenvalue weighted by molar-refractivity contribution is 0.107. The molecule has 21 heavy (non-hydrogen) atoms. The van der Waals surface area contributed by atoms with Gasteiger partial charge in [0.1, 0.15) is 10.7 Å². The lowest BCUT2D eigenvalue weighted by Crippen LogP contribution is -2.34. The van der Waals surface area contributed by atoms with Crippen molar-refractivity contribution in [2.75, 3.05) is 7.11 Å². The van der Waals surface area contributed by atoms with Crippen molar-refractivity contribution in [1.82, 2.24) is 4.72 Å². The minimum Gasteiger partial charge on any atom is -0.381 e. The average molecular weight is 320 g/mol. The van der Waals surface area contributed by atoms with E-state index in [0.717, 1.165) is 18.6 Å². The number of nitrogens with one attached hydrogen (secondary N) is 1. The molecule has 118 valence electrons. The molecule has 0 aromatic heterocycles. The molecule has 8 heteroatoms. The van der Waals surface area contributed by atoms with E-state index < -0.39 is 38.7 Å². The minimum absolute atomic E-state index is 0.00429. The van der Waals surface area contributed by atoms with Crippen molar-refractivity contribution in [3.8, 4) is 0 Å². The maximum atomic E-state index is 14.1. The zero-order chi connectivity index (χ0) is 15.6. The van der Waals surface area contributed by atoms with Gasteiger partial charge in [0.05, 0.1) is 6.10 Å². The van der Waals surface area contributed by atoms with E-state index in [1.165, 1.54) is 0 Å². The van der Waals surface area contributed by atoms with Gasteiger partial charge >= 0.3 is 0 Å². The fourth-order valence-electron chi connectivity index (χ4n) is 2.51. The molecule has 1 fully saturated rings. The average Bonchev–Trinajstić information content (AvgIpc) is 2.85. The molecule has 2 atom stereocenters. The summed E-state index contributed by atoms with van der Waals surface area (Å²) in [6.07, 6.45) is 1.88. The first-order valence-corrected chi connectivity index (χ1v) is 8.09. The summed E-state index contributed by atoms with van der Waals surface area (Å²) in [5.74, 6) is -1.99. The normalized spacial score (nSPS) is 22.7. The summed E-state index contributed by atoms with van der Waals surface area (Å²) in [7, 11) is -2.49.